The maximum atomic E-state index is 12.0. The minimum Gasteiger partial charge on any atom is -0.465 e. The first-order valence-electron chi connectivity index (χ1n) is 8.68. The molecule has 158 valence electrons. The summed E-state index contributed by atoms with van der Waals surface area (Å²) in [6, 6.07) is 7.23. The van der Waals surface area contributed by atoms with Crippen LogP contribution in [0, 0.1) is 10.1 Å². The van der Waals surface area contributed by atoms with Gasteiger partial charge in [0, 0.05) is 23.8 Å². The van der Waals surface area contributed by atoms with Gasteiger partial charge in [0.1, 0.15) is 6.33 Å². The van der Waals surface area contributed by atoms with Crippen LogP contribution in [0.5, 0.6) is 0 Å². The van der Waals surface area contributed by atoms with Crippen LogP contribution in [0.15, 0.2) is 49.1 Å². The summed E-state index contributed by atoms with van der Waals surface area (Å²) in [7, 11) is 2.37. The normalized spacial score (nSPS) is 10.1. The molecule has 0 bridgehead atoms. The second kappa shape index (κ2) is 9.26. The molecule has 12 nitrogen and oxygen atoms in total. The second-order valence-electron chi connectivity index (χ2n) is 5.94. The summed E-state index contributed by atoms with van der Waals surface area (Å²) in [6.07, 6.45) is 4.16. The predicted octanol–water partition coefficient (Wildman–Crippen LogP) is 2.84. The number of methoxy groups -OCH3 is 2. The van der Waals surface area contributed by atoms with Crippen molar-refractivity contribution >= 4 is 40.6 Å². The van der Waals surface area contributed by atoms with E-state index in [4.69, 9.17) is 0 Å². The second-order valence-corrected chi connectivity index (χ2v) is 5.94. The number of ether oxygens (including phenoxy) is 2. The topological polar surface area (TPSA) is 158 Å². The van der Waals surface area contributed by atoms with Crippen molar-refractivity contribution in [3.05, 3.63) is 70.3 Å². The van der Waals surface area contributed by atoms with Gasteiger partial charge >= 0.3 is 17.6 Å². The van der Waals surface area contributed by atoms with E-state index in [2.05, 4.69) is 35.1 Å². The standard InChI is InChI=1S/C19H16N6O6/c1-30-18(26)11-7-12(19(27)31-2)9-14(8-11)24-17-15(25(28)29)16(21-10-22-17)23-13-3-5-20-6-4-13/h3-10H,1-2H3,(H2,20,21,22,23,24). The van der Waals surface area contributed by atoms with Crippen LogP contribution in [-0.4, -0.2) is 46.0 Å². The third-order valence-corrected chi connectivity index (χ3v) is 3.99. The molecular weight excluding hydrogens is 408 g/mol. The van der Waals surface area contributed by atoms with Crippen molar-refractivity contribution < 1.29 is 24.0 Å². The fourth-order valence-corrected chi connectivity index (χ4v) is 2.61. The molecule has 0 atom stereocenters. The van der Waals surface area contributed by atoms with Gasteiger partial charge in [0.25, 0.3) is 0 Å². The van der Waals surface area contributed by atoms with E-state index in [1.807, 2.05) is 0 Å². The van der Waals surface area contributed by atoms with Crippen molar-refractivity contribution in [2.45, 2.75) is 0 Å². The van der Waals surface area contributed by atoms with Crippen LogP contribution in [0.1, 0.15) is 20.7 Å². The molecule has 1 aromatic carbocycles. The number of benzene rings is 1. The summed E-state index contributed by atoms with van der Waals surface area (Å²) in [6.45, 7) is 0. The smallest absolute Gasteiger partial charge is 0.353 e. The third kappa shape index (κ3) is 4.87. The number of hydrogen-bond acceptors (Lipinski definition) is 11. The molecule has 2 heterocycles. The van der Waals surface area contributed by atoms with Gasteiger partial charge in [-0.2, -0.15) is 0 Å². The molecule has 0 fully saturated rings. The quantitative estimate of drug-likeness (QED) is 0.326. The predicted molar refractivity (Wildman–Crippen MR) is 109 cm³/mol. The minimum atomic E-state index is -0.703. The summed E-state index contributed by atoms with van der Waals surface area (Å²) < 4.78 is 9.38. The molecule has 0 saturated carbocycles. The molecule has 0 saturated heterocycles. The lowest BCUT2D eigenvalue weighted by Gasteiger charge is -2.12. The van der Waals surface area contributed by atoms with Gasteiger partial charge in [-0.1, -0.05) is 0 Å². The van der Waals surface area contributed by atoms with Gasteiger partial charge < -0.3 is 20.1 Å². The summed E-state index contributed by atoms with van der Waals surface area (Å²) >= 11 is 0. The molecule has 0 aliphatic rings. The van der Waals surface area contributed by atoms with Crippen molar-refractivity contribution in [3.8, 4) is 0 Å². The number of nitrogens with zero attached hydrogens (tertiary/aromatic N) is 4. The van der Waals surface area contributed by atoms with E-state index >= 15 is 0 Å². The Morgan fingerprint density at radius 1 is 0.903 bits per heavy atom. The number of carbonyl (C=O) groups excluding carboxylic acids is 2. The zero-order valence-corrected chi connectivity index (χ0v) is 16.4. The molecule has 0 aliphatic carbocycles. The number of hydrogen-bond donors (Lipinski definition) is 2. The van der Waals surface area contributed by atoms with Gasteiger partial charge in [-0.3, -0.25) is 15.1 Å². The van der Waals surface area contributed by atoms with E-state index in [1.54, 1.807) is 12.1 Å². The molecule has 0 unspecified atom stereocenters. The summed E-state index contributed by atoms with van der Waals surface area (Å²) in [5, 5.41) is 17.3. The van der Waals surface area contributed by atoms with E-state index in [0.29, 0.717) is 5.69 Å². The molecule has 2 N–H and O–H groups in total. The lowest BCUT2D eigenvalue weighted by molar-refractivity contribution is -0.383. The average Bonchev–Trinajstić information content (AvgIpc) is 2.78. The van der Waals surface area contributed by atoms with E-state index in [-0.39, 0.29) is 28.5 Å². The Kier molecular flexibility index (Phi) is 6.30. The van der Waals surface area contributed by atoms with Crippen LogP contribution in [0.2, 0.25) is 0 Å². The molecule has 2 aromatic heterocycles. The highest BCUT2D eigenvalue weighted by molar-refractivity contribution is 5.97. The van der Waals surface area contributed by atoms with E-state index in [9.17, 15) is 19.7 Å². The first kappa shape index (κ1) is 21.1. The number of esters is 2. The van der Waals surface area contributed by atoms with Crippen molar-refractivity contribution in [2.24, 2.45) is 0 Å². The minimum absolute atomic E-state index is 0.0414. The Morgan fingerprint density at radius 2 is 1.42 bits per heavy atom. The van der Waals surface area contributed by atoms with Crippen molar-refractivity contribution in [1.82, 2.24) is 15.0 Å². The largest absolute Gasteiger partial charge is 0.465 e. The zero-order valence-electron chi connectivity index (χ0n) is 16.4. The van der Waals surface area contributed by atoms with Crippen LogP contribution in [0.3, 0.4) is 0 Å². The Labute approximate surface area is 175 Å². The number of nitrogens with one attached hydrogen (secondary N) is 2. The molecule has 0 radical (unpaired) electrons. The first-order chi connectivity index (χ1) is 14.9. The fraction of sp³-hybridized carbons (Fsp3) is 0.105. The van der Waals surface area contributed by atoms with Gasteiger partial charge in [0.15, 0.2) is 0 Å². The maximum Gasteiger partial charge on any atom is 0.353 e. The fourth-order valence-electron chi connectivity index (χ4n) is 2.61. The summed E-state index contributed by atoms with van der Waals surface area (Å²) in [5.41, 5.74) is 0.352. The Morgan fingerprint density at radius 3 is 1.90 bits per heavy atom. The van der Waals surface area contributed by atoms with Gasteiger partial charge in [-0.15, -0.1) is 0 Å². The molecular formula is C19H16N6O6. The number of nitro groups is 1. The van der Waals surface area contributed by atoms with Crippen LogP contribution >= 0.6 is 0 Å². The molecule has 3 aromatic rings. The number of anilines is 4. The highest BCUT2D eigenvalue weighted by atomic mass is 16.6. The van der Waals surface area contributed by atoms with Crippen LogP contribution in [0.4, 0.5) is 28.7 Å². The molecule has 3 rings (SSSR count). The van der Waals surface area contributed by atoms with Gasteiger partial charge in [-0.05, 0) is 30.3 Å². The van der Waals surface area contributed by atoms with Gasteiger partial charge in [0.05, 0.1) is 30.3 Å². The van der Waals surface area contributed by atoms with E-state index < -0.39 is 22.5 Å². The zero-order chi connectivity index (χ0) is 22.4. The van der Waals surface area contributed by atoms with Crippen LogP contribution in [-0.2, 0) is 9.47 Å². The monoisotopic (exact) mass is 424 g/mol. The lowest BCUT2D eigenvalue weighted by atomic mass is 10.1. The Hall–Kier alpha value is -4.61. The molecule has 0 amide bonds. The molecule has 0 spiro atoms. The Bertz CT molecular complexity index is 1100. The van der Waals surface area contributed by atoms with E-state index in [1.165, 1.54) is 44.8 Å². The SMILES string of the molecule is COC(=O)c1cc(Nc2ncnc(Nc3ccncc3)c2[N+](=O)[O-])cc(C(=O)OC)c1. The van der Waals surface area contributed by atoms with Crippen molar-refractivity contribution in [3.63, 3.8) is 0 Å². The molecule has 0 aliphatic heterocycles. The number of carbonyl (C=O) groups is 2. The highest BCUT2D eigenvalue weighted by Crippen LogP contribution is 2.33. The lowest BCUT2D eigenvalue weighted by Crippen LogP contribution is -2.09. The Balaban J connectivity index is 2.04. The third-order valence-electron chi connectivity index (χ3n) is 3.99. The number of pyridine rings is 1. The van der Waals surface area contributed by atoms with Crippen LogP contribution in [0.25, 0.3) is 0 Å². The maximum absolute atomic E-state index is 12.0. The van der Waals surface area contributed by atoms with Gasteiger partial charge in [0.2, 0.25) is 11.6 Å². The number of aromatic nitrogens is 3. The first-order valence-corrected chi connectivity index (χ1v) is 8.68. The van der Waals surface area contributed by atoms with Crippen LogP contribution < -0.4 is 10.6 Å². The molecule has 12 heteroatoms. The summed E-state index contributed by atoms with van der Waals surface area (Å²) in [4.78, 5) is 46.8. The van der Waals surface area contributed by atoms with Crippen molar-refractivity contribution in [2.75, 3.05) is 24.9 Å². The van der Waals surface area contributed by atoms with Gasteiger partial charge in [-0.25, -0.2) is 19.6 Å². The molecule has 31 heavy (non-hydrogen) atoms. The van der Waals surface area contributed by atoms with E-state index in [0.717, 1.165) is 6.33 Å². The summed E-state index contributed by atoms with van der Waals surface area (Å²) in [5.74, 6) is -1.63. The average molecular weight is 424 g/mol. The highest BCUT2D eigenvalue weighted by Gasteiger charge is 2.24. The van der Waals surface area contributed by atoms with Crippen molar-refractivity contribution in [1.29, 1.82) is 0 Å². The number of rotatable bonds is 7.